The molecule has 1 aliphatic rings. The Hall–Kier alpha value is -2.85. The van der Waals surface area contributed by atoms with Crippen molar-refractivity contribution < 1.29 is 9.59 Å². The Labute approximate surface area is 156 Å². The molecule has 2 N–H and O–H groups in total. The van der Waals surface area contributed by atoms with Gasteiger partial charge in [-0.3, -0.25) is 9.59 Å². The molecule has 0 aromatic heterocycles. The highest BCUT2D eigenvalue weighted by molar-refractivity contribution is 6.31. The number of benzene rings is 3. The molecule has 0 fully saturated rings. The van der Waals surface area contributed by atoms with E-state index in [1.54, 1.807) is 0 Å². The topological polar surface area (TPSA) is 58.2 Å². The molecule has 0 atom stereocenters. The van der Waals surface area contributed by atoms with Gasteiger partial charge in [-0.15, -0.1) is 0 Å². The molecule has 5 heteroatoms. The summed E-state index contributed by atoms with van der Waals surface area (Å²) in [5.41, 5.74) is 3.69. The maximum atomic E-state index is 12.3. The molecule has 0 spiro atoms. The first kappa shape index (κ1) is 16.6. The average Bonchev–Trinajstić information content (AvgIpc) is 2.99. The lowest BCUT2D eigenvalue weighted by atomic mass is 10.0. The number of carbonyl (C=O) groups excluding carboxylic acids is 2. The third-order valence-electron chi connectivity index (χ3n) is 4.57. The van der Waals surface area contributed by atoms with Gasteiger partial charge in [0.25, 0.3) is 0 Å². The van der Waals surface area contributed by atoms with Gasteiger partial charge in [0.1, 0.15) is 0 Å². The van der Waals surface area contributed by atoms with Crippen molar-refractivity contribution in [2.24, 2.45) is 0 Å². The molecule has 3 aromatic rings. The summed E-state index contributed by atoms with van der Waals surface area (Å²) in [5, 5.41) is 8.59. The van der Waals surface area contributed by atoms with Crippen LogP contribution in [0.4, 0.5) is 5.69 Å². The second-order valence-corrected chi connectivity index (χ2v) is 6.89. The Morgan fingerprint density at radius 1 is 1.12 bits per heavy atom. The van der Waals surface area contributed by atoms with E-state index in [4.69, 9.17) is 11.6 Å². The summed E-state index contributed by atoms with van der Waals surface area (Å²) in [7, 11) is 0. The SMILES string of the molecule is O=C(Cc1ccc2c(c1)NC(=O)C2)NCc1cccc2ccc(Cl)cc12. The van der Waals surface area contributed by atoms with Gasteiger partial charge in [0.2, 0.25) is 11.8 Å². The summed E-state index contributed by atoms with van der Waals surface area (Å²) in [6.07, 6.45) is 0.681. The predicted octanol–water partition coefficient (Wildman–Crippen LogP) is 3.85. The normalized spacial score (nSPS) is 12.7. The molecule has 0 unspecified atom stereocenters. The molecule has 1 heterocycles. The van der Waals surface area contributed by atoms with Crippen LogP contribution in [0, 0.1) is 0 Å². The maximum Gasteiger partial charge on any atom is 0.228 e. The number of amides is 2. The molecule has 0 radical (unpaired) electrons. The summed E-state index contributed by atoms with van der Waals surface area (Å²) < 4.78 is 0. The third-order valence-corrected chi connectivity index (χ3v) is 4.81. The average molecular weight is 365 g/mol. The van der Waals surface area contributed by atoms with E-state index >= 15 is 0 Å². The Morgan fingerprint density at radius 3 is 2.88 bits per heavy atom. The smallest absolute Gasteiger partial charge is 0.228 e. The third kappa shape index (κ3) is 3.41. The zero-order valence-electron chi connectivity index (χ0n) is 14.0. The Kier molecular flexibility index (Phi) is 4.35. The molecule has 0 saturated carbocycles. The van der Waals surface area contributed by atoms with Crippen molar-refractivity contribution in [2.45, 2.75) is 19.4 Å². The van der Waals surface area contributed by atoms with Crippen molar-refractivity contribution in [3.8, 4) is 0 Å². The van der Waals surface area contributed by atoms with Crippen molar-refractivity contribution in [1.82, 2.24) is 5.32 Å². The summed E-state index contributed by atoms with van der Waals surface area (Å²) in [6, 6.07) is 17.4. The number of rotatable bonds is 4. The van der Waals surface area contributed by atoms with Crippen molar-refractivity contribution in [1.29, 1.82) is 0 Å². The van der Waals surface area contributed by atoms with Crippen LogP contribution < -0.4 is 10.6 Å². The number of hydrogen-bond donors (Lipinski definition) is 2. The second kappa shape index (κ2) is 6.81. The summed E-state index contributed by atoms with van der Waals surface area (Å²) in [4.78, 5) is 23.8. The van der Waals surface area contributed by atoms with Gasteiger partial charge < -0.3 is 10.6 Å². The second-order valence-electron chi connectivity index (χ2n) is 6.45. The van der Waals surface area contributed by atoms with Crippen molar-refractivity contribution in [3.63, 3.8) is 0 Å². The van der Waals surface area contributed by atoms with Crippen LogP contribution in [0.1, 0.15) is 16.7 Å². The maximum absolute atomic E-state index is 12.3. The van der Waals surface area contributed by atoms with Gasteiger partial charge in [-0.1, -0.05) is 48.0 Å². The van der Waals surface area contributed by atoms with Crippen LogP contribution in [0.2, 0.25) is 5.02 Å². The number of nitrogens with one attached hydrogen (secondary N) is 2. The van der Waals surface area contributed by atoms with Gasteiger partial charge in [-0.2, -0.15) is 0 Å². The van der Waals surface area contributed by atoms with Crippen LogP contribution in [0.5, 0.6) is 0 Å². The highest BCUT2D eigenvalue weighted by atomic mass is 35.5. The molecular weight excluding hydrogens is 348 g/mol. The minimum Gasteiger partial charge on any atom is -0.352 e. The van der Waals surface area contributed by atoms with Crippen LogP contribution in [-0.4, -0.2) is 11.8 Å². The van der Waals surface area contributed by atoms with Gasteiger partial charge >= 0.3 is 0 Å². The van der Waals surface area contributed by atoms with Crippen molar-refractivity contribution in [2.75, 3.05) is 5.32 Å². The van der Waals surface area contributed by atoms with Crippen LogP contribution >= 0.6 is 11.6 Å². The highest BCUT2D eigenvalue weighted by Crippen LogP contribution is 2.25. The molecule has 2 amide bonds. The number of fused-ring (bicyclic) bond motifs is 2. The number of anilines is 1. The first-order valence-electron chi connectivity index (χ1n) is 8.44. The van der Waals surface area contributed by atoms with Crippen LogP contribution in [0.25, 0.3) is 10.8 Å². The highest BCUT2D eigenvalue weighted by Gasteiger charge is 2.18. The van der Waals surface area contributed by atoms with Gasteiger partial charge in [-0.25, -0.2) is 0 Å². The Bertz CT molecular complexity index is 1030. The van der Waals surface area contributed by atoms with E-state index in [0.717, 1.165) is 33.2 Å². The lowest BCUT2D eigenvalue weighted by Crippen LogP contribution is -2.24. The molecule has 0 aliphatic carbocycles. The van der Waals surface area contributed by atoms with Gasteiger partial charge in [0.05, 0.1) is 12.8 Å². The van der Waals surface area contributed by atoms with Crippen LogP contribution in [-0.2, 0) is 29.0 Å². The number of halogens is 1. The zero-order valence-corrected chi connectivity index (χ0v) is 14.8. The molecule has 0 saturated heterocycles. The largest absolute Gasteiger partial charge is 0.352 e. The predicted molar refractivity (Wildman–Crippen MR) is 103 cm³/mol. The molecule has 3 aromatic carbocycles. The fraction of sp³-hybridized carbons (Fsp3) is 0.143. The van der Waals surface area contributed by atoms with E-state index in [1.807, 2.05) is 54.6 Å². The fourth-order valence-electron chi connectivity index (χ4n) is 3.28. The monoisotopic (exact) mass is 364 g/mol. The van der Waals surface area contributed by atoms with Crippen molar-refractivity contribution in [3.05, 3.63) is 76.3 Å². The van der Waals surface area contributed by atoms with E-state index in [0.29, 0.717) is 18.0 Å². The van der Waals surface area contributed by atoms with Crippen LogP contribution in [0.15, 0.2) is 54.6 Å². The van der Waals surface area contributed by atoms with E-state index in [-0.39, 0.29) is 18.2 Å². The van der Waals surface area contributed by atoms with E-state index in [1.165, 1.54) is 0 Å². The molecule has 1 aliphatic heterocycles. The van der Waals surface area contributed by atoms with Gasteiger partial charge in [0, 0.05) is 17.3 Å². The van der Waals surface area contributed by atoms with E-state index in [2.05, 4.69) is 10.6 Å². The lowest BCUT2D eigenvalue weighted by Gasteiger charge is -2.10. The Morgan fingerprint density at radius 2 is 2.00 bits per heavy atom. The Balaban J connectivity index is 1.44. The molecule has 4 nitrogen and oxygen atoms in total. The molecular formula is C21H17ClN2O2. The standard InChI is InChI=1S/C21H17ClN2O2/c22-17-7-6-14-2-1-3-16(18(14)11-17)12-23-20(25)9-13-4-5-15-10-21(26)24-19(15)8-13/h1-8,11H,9-10,12H2,(H,23,25)(H,24,26). The van der Waals surface area contributed by atoms with Gasteiger partial charge in [-0.05, 0) is 45.7 Å². The minimum absolute atomic E-state index is 0.00350. The number of carbonyl (C=O) groups is 2. The van der Waals surface area contributed by atoms with Gasteiger partial charge in [0.15, 0.2) is 0 Å². The first-order chi connectivity index (χ1) is 12.6. The molecule has 4 rings (SSSR count). The molecule has 0 bridgehead atoms. The lowest BCUT2D eigenvalue weighted by molar-refractivity contribution is -0.120. The first-order valence-corrected chi connectivity index (χ1v) is 8.82. The quantitative estimate of drug-likeness (QED) is 0.738. The summed E-state index contributed by atoms with van der Waals surface area (Å²) in [6.45, 7) is 0.443. The van der Waals surface area contributed by atoms with Crippen LogP contribution in [0.3, 0.4) is 0 Å². The number of hydrogen-bond acceptors (Lipinski definition) is 2. The summed E-state index contributed by atoms with van der Waals surface area (Å²) in [5.74, 6) is -0.0653. The molecule has 26 heavy (non-hydrogen) atoms. The van der Waals surface area contributed by atoms with E-state index < -0.39 is 0 Å². The minimum atomic E-state index is -0.0618. The fourth-order valence-corrected chi connectivity index (χ4v) is 3.45. The molecule has 130 valence electrons. The van der Waals surface area contributed by atoms with E-state index in [9.17, 15) is 9.59 Å². The summed E-state index contributed by atoms with van der Waals surface area (Å²) >= 11 is 6.10. The van der Waals surface area contributed by atoms with Crippen molar-refractivity contribution >= 4 is 39.9 Å². The zero-order chi connectivity index (χ0) is 18.1.